The molecule has 7 heteroatoms. The van der Waals surface area contributed by atoms with Gasteiger partial charge in [0.1, 0.15) is 0 Å². The first-order valence-corrected chi connectivity index (χ1v) is 7.96. The smallest absolute Gasteiger partial charge is 0.334 e. The van der Waals surface area contributed by atoms with Gasteiger partial charge in [0.15, 0.2) is 6.10 Å². The van der Waals surface area contributed by atoms with Crippen LogP contribution >= 0.6 is 0 Å². The van der Waals surface area contributed by atoms with E-state index >= 15 is 0 Å². The van der Waals surface area contributed by atoms with E-state index in [2.05, 4.69) is 0 Å². The molecule has 1 N–H and O–H groups in total. The van der Waals surface area contributed by atoms with E-state index in [1.165, 1.54) is 4.31 Å². The number of carboxylic acids is 1. The first-order chi connectivity index (χ1) is 9.49. The van der Waals surface area contributed by atoms with Crippen LogP contribution in [0.15, 0.2) is 30.3 Å². The summed E-state index contributed by atoms with van der Waals surface area (Å²) in [5.41, 5.74) is 0.944. The van der Waals surface area contributed by atoms with Crippen molar-refractivity contribution in [2.24, 2.45) is 0 Å². The van der Waals surface area contributed by atoms with E-state index < -0.39 is 22.1 Å². The molecule has 1 aromatic carbocycles. The summed E-state index contributed by atoms with van der Waals surface area (Å²) in [6, 6.07) is 9.33. The molecule has 1 aliphatic rings. The van der Waals surface area contributed by atoms with Gasteiger partial charge in [-0.1, -0.05) is 30.3 Å². The topological polar surface area (TPSA) is 83.9 Å². The van der Waals surface area contributed by atoms with Gasteiger partial charge in [0.25, 0.3) is 0 Å². The third kappa shape index (κ3) is 3.78. The zero-order valence-electron chi connectivity index (χ0n) is 10.9. The highest BCUT2D eigenvalue weighted by Crippen LogP contribution is 2.12. The Hall–Kier alpha value is -1.44. The first-order valence-electron chi connectivity index (χ1n) is 6.35. The van der Waals surface area contributed by atoms with Crippen molar-refractivity contribution in [1.82, 2.24) is 4.31 Å². The second-order valence-corrected chi connectivity index (χ2v) is 6.70. The van der Waals surface area contributed by atoms with Crippen molar-refractivity contribution in [3.63, 3.8) is 0 Å². The van der Waals surface area contributed by atoms with E-state index in [1.807, 2.05) is 30.3 Å². The molecule has 1 saturated heterocycles. The standard InChI is InChI=1S/C13H17NO5S/c15-13(16)12-10-14(7-8-19-12)20(17,18)9-6-11-4-2-1-3-5-11/h1-5,12H,6-10H2,(H,15,16). The fourth-order valence-corrected chi connectivity index (χ4v) is 3.52. The summed E-state index contributed by atoms with van der Waals surface area (Å²) in [4.78, 5) is 10.9. The van der Waals surface area contributed by atoms with Crippen LogP contribution in [0.5, 0.6) is 0 Å². The molecule has 1 unspecified atom stereocenters. The van der Waals surface area contributed by atoms with Gasteiger partial charge in [0, 0.05) is 6.54 Å². The second-order valence-electron chi connectivity index (χ2n) is 4.61. The fraction of sp³-hybridized carbons (Fsp3) is 0.462. The number of aliphatic carboxylic acids is 1. The molecule has 2 rings (SSSR count). The number of rotatable bonds is 5. The number of carboxylic acid groups (broad SMARTS) is 1. The van der Waals surface area contributed by atoms with Crippen LogP contribution in [-0.4, -0.2) is 55.4 Å². The molecule has 1 heterocycles. The number of ether oxygens (including phenoxy) is 1. The monoisotopic (exact) mass is 299 g/mol. The van der Waals surface area contributed by atoms with Gasteiger partial charge in [-0.2, -0.15) is 4.31 Å². The van der Waals surface area contributed by atoms with Crippen LogP contribution < -0.4 is 0 Å². The maximum atomic E-state index is 12.2. The van der Waals surface area contributed by atoms with Gasteiger partial charge in [-0.3, -0.25) is 0 Å². The maximum Gasteiger partial charge on any atom is 0.334 e. The van der Waals surface area contributed by atoms with Crippen LogP contribution in [-0.2, 0) is 26.0 Å². The summed E-state index contributed by atoms with van der Waals surface area (Å²) in [7, 11) is -3.46. The minimum Gasteiger partial charge on any atom is -0.479 e. The number of morpholine rings is 1. The third-order valence-electron chi connectivity index (χ3n) is 3.19. The van der Waals surface area contributed by atoms with Gasteiger partial charge >= 0.3 is 5.97 Å². The van der Waals surface area contributed by atoms with Crippen LogP contribution in [0.2, 0.25) is 0 Å². The molecule has 1 fully saturated rings. The van der Waals surface area contributed by atoms with Gasteiger partial charge in [0.05, 0.1) is 18.9 Å². The normalized spacial score (nSPS) is 20.7. The Balaban J connectivity index is 1.97. The van der Waals surface area contributed by atoms with E-state index in [1.54, 1.807) is 0 Å². The van der Waals surface area contributed by atoms with Crippen LogP contribution in [0.4, 0.5) is 0 Å². The highest BCUT2D eigenvalue weighted by atomic mass is 32.2. The molecule has 1 aromatic rings. The predicted molar refractivity (Wildman–Crippen MR) is 72.9 cm³/mol. The number of benzene rings is 1. The van der Waals surface area contributed by atoms with Gasteiger partial charge < -0.3 is 9.84 Å². The molecule has 6 nitrogen and oxygen atoms in total. The van der Waals surface area contributed by atoms with E-state index in [0.717, 1.165) is 5.56 Å². The Kier molecular flexibility index (Phi) is 4.74. The van der Waals surface area contributed by atoms with Crippen LogP contribution in [0.1, 0.15) is 5.56 Å². The van der Waals surface area contributed by atoms with E-state index in [9.17, 15) is 13.2 Å². The molecule has 1 atom stereocenters. The SMILES string of the molecule is O=C(O)C1CN(S(=O)(=O)CCc2ccccc2)CCO1. The molecule has 0 aliphatic carbocycles. The molecule has 1 aliphatic heterocycles. The molecule has 0 bridgehead atoms. The Labute approximate surface area is 118 Å². The Morgan fingerprint density at radius 1 is 1.35 bits per heavy atom. The Morgan fingerprint density at radius 2 is 2.05 bits per heavy atom. The summed E-state index contributed by atoms with van der Waals surface area (Å²) < 4.78 is 30.6. The zero-order valence-corrected chi connectivity index (χ0v) is 11.8. The quantitative estimate of drug-likeness (QED) is 0.848. The number of hydrogen-bond donors (Lipinski definition) is 1. The van der Waals surface area contributed by atoms with Crippen molar-refractivity contribution < 1.29 is 23.1 Å². The summed E-state index contributed by atoms with van der Waals surface area (Å²) in [6.45, 7) is 0.203. The summed E-state index contributed by atoms with van der Waals surface area (Å²) in [6.07, 6.45) is -0.659. The van der Waals surface area contributed by atoms with Gasteiger partial charge in [-0.05, 0) is 12.0 Å². The van der Waals surface area contributed by atoms with E-state index in [4.69, 9.17) is 9.84 Å². The van der Waals surface area contributed by atoms with Crippen molar-refractivity contribution in [3.05, 3.63) is 35.9 Å². The van der Waals surface area contributed by atoms with Crippen molar-refractivity contribution >= 4 is 16.0 Å². The minimum absolute atomic E-state index is 0.0245. The Morgan fingerprint density at radius 3 is 2.70 bits per heavy atom. The van der Waals surface area contributed by atoms with Gasteiger partial charge in [-0.25, -0.2) is 13.2 Å². The molecule has 0 spiro atoms. The molecule has 110 valence electrons. The zero-order chi connectivity index (χ0) is 14.6. The number of sulfonamides is 1. The lowest BCUT2D eigenvalue weighted by Crippen LogP contribution is -2.49. The predicted octanol–water partition coefficient (Wildman–Crippen LogP) is 0.344. The summed E-state index contributed by atoms with van der Waals surface area (Å²) in [5.74, 6) is -1.16. The number of carbonyl (C=O) groups is 1. The lowest BCUT2D eigenvalue weighted by molar-refractivity contribution is -0.153. The average Bonchev–Trinajstić information content (AvgIpc) is 2.46. The van der Waals surface area contributed by atoms with Crippen LogP contribution in [0.3, 0.4) is 0 Å². The minimum atomic E-state index is -3.46. The summed E-state index contributed by atoms with van der Waals surface area (Å²) in [5, 5.41) is 8.88. The molecule has 20 heavy (non-hydrogen) atoms. The summed E-state index contributed by atoms with van der Waals surface area (Å²) >= 11 is 0. The van der Waals surface area contributed by atoms with Crippen LogP contribution in [0, 0.1) is 0 Å². The Bertz CT molecular complexity index is 557. The highest BCUT2D eigenvalue weighted by molar-refractivity contribution is 7.89. The van der Waals surface area contributed by atoms with Crippen molar-refractivity contribution in [2.45, 2.75) is 12.5 Å². The van der Waals surface area contributed by atoms with Crippen molar-refractivity contribution in [1.29, 1.82) is 0 Å². The van der Waals surface area contributed by atoms with E-state index in [0.29, 0.717) is 6.42 Å². The molecule has 0 amide bonds. The lowest BCUT2D eigenvalue weighted by Gasteiger charge is -2.30. The fourth-order valence-electron chi connectivity index (χ4n) is 2.05. The second kappa shape index (κ2) is 6.34. The number of aryl methyl sites for hydroxylation is 1. The number of hydrogen-bond acceptors (Lipinski definition) is 4. The van der Waals surface area contributed by atoms with Crippen LogP contribution in [0.25, 0.3) is 0 Å². The molecule has 0 radical (unpaired) electrons. The molecular formula is C13H17NO5S. The molecule has 0 aromatic heterocycles. The van der Waals surface area contributed by atoms with Crippen molar-refractivity contribution in [3.8, 4) is 0 Å². The van der Waals surface area contributed by atoms with E-state index in [-0.39, 0.29) is 25.4 Å². The first kappa shape index (κ1) is 15.0. The third-order valence-corrected chi connectivity index (χ3v) is 5.03. The van der Waals surface area contributed by atoms with Gasteiger partial charge in [-0.15, -0.1) is 0 Å². The lowest BCUT2D eigenvalue weighted by atomic mass is 10.2. The highest BCUT2D eigenvalue weighted by Gasteiger charge is 2.32. The van der Waals surface area contributed by atoms with Crippen molar-refractivity contribution in [2.75, 3.05) is 25.4 Å². The van der Waals surface area contributed by atoms with Gasteiger partial charge in [0.2, 0.25) is 10.0 Å². The average molecular weight is 299 g/mol. The molecular weight excluding hydrogens is 282 g/mol. The largest absolute Gasteiger partial charge is 0.479 e. The maximum absolute atomic E-state index is 12.2. The number of nitrogens with zero attached hydrogens (tertiary/aromatic N) is 1. The molecule has 0 saturated carbocycles.